The molecule has 10 heteroatoms. The van der Waals surface area contributed by atoms with E-state index in [-0.39, 0.29) is 35.8 Å². The van der Waals surface area contributed by atoms with E-state index in [0.717, 1.165) is 0 Å². The molecule has 0 saturated heterocycles. The molecule has 0 fully saturated rings. The molecule has 126 valence electrons. The third-order valence-corrected chi connectivity index (χ3v) is 3.00. The van der Waals surface area contributed by atoms with Crippen LogP contribution in [-0.4, -0.2) is 39.8 Å². The highest BCUT2D eigenvalue weighted by Gasteiger charge is 2.46. The van der Waals surface area contributed by atoms with E-state index in [0.29, 0.717) is 0 Å². The summed E-state index contributed by atoms with van der Waals surface area (Å²) < 4.78 is 40.5. The molecule has 1 aromatic heterocycles. The van der Waals surface area contributed by atoms with Crippen LogP contribution in [0.25, 0.3) is 5.57 Å². The zero-order valence-corrected chi connectivity index (χ0v) is 12.8. The number of alkyl halides is 2. The molecule has 1 aliphatic rings. The van der Waals surface area contributed by atoms with Crippen molar-refractivity contribution in [2.24, 2.45) is 0 Å². The SMILES string of the molecule is CONc1nc(NC(C)C)nc(C2=C(F)C(=O)C(F)(F)CC2)n1. The van der Waals surface area contributed by atoms with Crippen LogP contribution in [0.2, 0.25) is 0 Å². The maximum atomic E-state index is 14.0. The number of hydrogen-bond donors (Lipinski definition) is 2. The molecule has 0 aliphatic heterocycles. The van der Waals surface area contributed by atoms with Crippen molar-refractivity contribution >= 4 is 23.3 Å². The fraction of sp³-hybridized carbons (Fsp3) is 0.538. The molecule has 0 radical (unpaired) electrons. The number of hydrogen-bond acceptors (Lipinski definition) is 7. The number of rotatable bonds is 5. The quantitative estimate of drug-likeness (QED) is 0.801. The van der Waals surface area contributed by atoms with Crippen molar-refractivity contribution < 1.29 is 22.8 Å². The normalized spacial score (nSPS) is 17.6. The Morgan fingerprint density at radius 2 is 1.87 bits per heavy atom. The summed E-state index contributed by atoms with van der Waals surface area (Å²) in [5.74, 6) is -7.19. The minimum absolute atomic E-state index is 0.0307. The number of aromatic nitrogens is 3. The van der Waals surface area contributed by atoms with Crippen LogP contribution in [0, 0.1) is 0 Å². The Hall–Kier alpha value is -2.23. The molecular formula is C13H16F3N5O2. The Kier molecular flexibility index (Phi) is 4.83. The van der Waals surface area contributed by atoms with Gasteiger partial charge in [0.1, 0.15) is 0 Å². The van der Waals surface area contributed by atoms with Crippen molar-refractivity contribution in [1.82, 2.24) is 15.0 Å². The molecule has 7 nitrogen and oxygen atoms in total. The highest BCUT2D eigenvalue weighted by molar-refractivity contribution is 6.05. The van der Waals surface area contributed by atoms with Crippen molar-refractivity contribution in [2.75, 3.05) is 17.9 Å². The summed E-state index contributed by atoms with van der Waals surface area (Å²) in [6.45, 7) is 3.66. The lowest BCUT2D eigenvalue weighted by molar-refractivity contribution is -0.141. The minimum atomic E-state index is -3.70. The van der Waals surface area contributed by atoms with Crippen molar-refractivity contribution in [3.05, 3.63) is 11.7 Å². The second-order valence-corrected chi connectivity index (χ2v) is 5.24. The first kappa shape index (κ1) is 17.1. The largest absolute Gasteiger partial charge is 0.352 e. The summed E-state index contributed by atoms with van der Waals surface area (Å²) in [6, 6.07) is -0.0307. The van der Waals surface area contributed by atoms with Crippen molar-refractivity contribution in [2.45, 2.75) is 38.7 Å². The van der Waals surface area contributed by atoms with E-state index in [1.54, 1.807) is 0 Å². The predicted octanol–water partition coefficient (Wildman–Crippen LogP) is 2.34. The predicted molar refractivity (Wildman–Crippen MR) is 76.4 cm³/mol. The number of nitrogens with one attached hydrogen (secondary N) is 2. The first-order valence-corrected chi connectivity index (χ1v) is 6.88. The smallest absolute Gasteiger partial charge is 0.312 e. The van der Waals surface area contributed by atoms with Crippen LogP contribution in [0.5, 0.6) is 0 Å². The summed E-state index contributed by atoms with van der Waals surface area (Å²) in [6.07, 6.45) is -1.15. The summed E-state index contributed by atoms with van der Waals surface area (Å²) in [7, 11) is 1.32. The van der Waals surface area contributed by atoms with E-state index in [9.17, 15) is 18.0 Å². The van der Waals surface area contributed by atoms with Gasteiger partial charge in [-0.15, -0.1) is 0 Å². The summed E-state index contributed by atoms with van der Waals surface area (Å²) in [4.78, 5) is 27.9. The van der Waals surface area contributed by atoms with Crippen LogP contribution in [0.1, 0.15) is 32.5 Å². The average molecular weight is 331 g/mol. The van der Waals surface area contributed by atoms with Gasteiger partial charge in [0.2, 0.25) is 5.95 Å². The first-order chi connectivity index (χ1) is 10.7. The lowest BCUT2D eigenvalue weighted by atomic mass is 9.93. The summed E-state index contributed by atoms with van der Waals surface area (Å²) in [5.41, 5.74) is 2.09. The zero-order chi connectivity index (χ0) is 17.2. The van der Waals surface area contributed by atoms with Gasteiger partial charge in [-0.25, -0.2) is 9.87 Å². The van der Waals surface area contributed by atoms with Crippen LogP contribution >= 0.6 is 0 Å². The van der Waals surface area contributed by atoms with Crippen LogP contribution in [0.4, 0.5) is 25.1 Å². The third kappa shape index (κ3) is 3.76. The van der Waals surface area contributed by atoms with E-state index >= 15 is 0 Å². The molecule has 2 rings (SSSR count). The Balaban J connectivity index is 2.47. The van der Waals surface area contributed by atoms with Gasteiger partial charge in [0.05, 0.1) is 7.11 Å². The van der Waals surface area contributed by atoms with E-state index in [2.05, 4.69) is 30.6 Å². The Morgan fingerprint density at radius 1 is 1.22 bits per heavy atom. The van der Waals surface area contributed by atoms with Crippen molar-refractivity contribution in [3.8, 4) is 0 Å². The molecule has 23 heavy (non-hydrogen) atoms. The molecule has 0 saturated carbocycles. The van der Waals surface area contributed by atoms with E-state index < -0.39 is 24.0 Å². The van der Waals surface area contributed by atoms with Crippen LogP contribution in [0.15, 0.2) is 5.83 Å². The van der Waals surface area contributed by atoms with E-state index in [4.69, 9.17) is 0 Å². The number of Topliss-reactive ketones (excluding diaryl/α,β-unsaturated/α-hetero) is 1. The van der Waals surface area contributed by atoms with Gasteiger partial charge >= 0.3 is 5.92 Å². The van der Waals surface area contributed by atoms with Gasteiger partial charge in [-0.05, 0) is 20.3 Å². The topological polar surface area (TPSA) is 89.0 Å². The van der Waals surface area contributed by atoms with E-state index in [1.165, 1.54) is 7.11 Å². The highest BCUT2D eigenvalue weighted by atomic mass is 19.3. The molecule has 0 bridgehead atoms. The van der Waals surface area contributed by atoms with Crippen molar-refractivity contribution in [3.63, 3.8) is 0 Å². The standard InChI is InChI=1S/C13H16F3N5O2/c1-6(2)17-11-18-10(19-12(20-11)21-23-3)7-4-5-13(15,16)9(22)8(7)14/h6H,4-5H2,1-3H3,(H2,17,18,19,20,21). The monoisotopic (exact) mass is 331 g/mol. The number of carbonyl (C=O) groups excluding carboxylic acids is 1. The Bertz CT molecular complexity index is 648. The van der Waals surface area contributed by atoms with Crippen molar-refractivity contribution in [1.29, 1.82) is 0 Å². The van der Waals surface area contributed by atoms with E-state index in [1.807, 2.05) is 13.8 Å². The number of anilines is 2. The third-order valence-electron chi connectivity index (χ3n) is 3.00. The van der Waals surface area contributed by atoms with Gasteiger partial charge in [-0.2, -0.15) is 23.7 Å². The Morgan fingerprint density at radius 3 is 2.48 bits per heavy atom. The second kappa shape index (κ2) is 6.49. The zero-order valence-electron chi connectivity index (χ0n) is 12.8. The summed E-state index contributed by atoms with van der Waals surface area (Å²) in [5, 5.41) is 2.89. The molecule has 0 atom stereocenters. The van der Waals surface area contributed by atoms with Gasteiger partial charge in [0.15, 0.2) is 11.7 Å². The Labute approximate surface area is 130 Å². The number of nitrogens with zero attached hydrogens (tertiary/aromatic N) is 3. The van der Waals surface area contributed by atoms with Gasteiger partial charge in [0, 0.05) is 18.0 Å². The molecule has 0 spiro atoms. The van der Waals surface area contributed by atoms with Gasteiger partial charge in [-0.3, -0.25) is 9.63 Å². The lowest BCUT2D eigenvalue weighted by Crippen LogP contribution is -2.33. The molecular weight excluding hydrogens is 315 g/mol. The maximum Gasteiger partial charge on any atom is 0.312 e. The number of carbonyl (C=O) groups is 1. The molecule has 1 aliphatic carbocycles. The summed E-state index contributed by atoms with van der Waals surface area (Å²) >= 11 is 0. The van der Waals surface area contributed by atoms with Gasteiger partial charge in [0.25, 0.3) is 11.7 Å². The molecule has 0 unspecified atom stereocenters. The van der Waals surface area contributed by atoms with Crippen LogP contribution < -0.4 is 10.8 Å². The number of allylic oxidation sites excluding steroid dienone is 2. The number of halogens is 3. The fourth-order valence-corrected chi connectivity index (χ4v) is 1.98. The second-order valence-electron chi connectivity index (χ2n) is 5.24. The first-order valence-electron chi connectivity index (χ1n) is 6.88. The molecule has 0 aromatic carbocycles. The molecule has 1 aromatic rings. The maximum absolute atomic E-state index is 14.0. The molecule has 0 amide bonds. The molecule has 2 N–H and O–H groups in total. The van der Waals surface area contributed by atoms with Crippen LogP contribution in [0.3, 0.4) is 0 Å². The molecule has 1 heterocycles. The average Bonchev–Trinajstić information content (AvgIpc) is 2.44. The number of ketones is 1. The van der Waals surface area contributed by atoms with Gasteiger partial charge in [-0.1, -0.05) is 0 Å². The highest BCUT2D eigenvalue weighted by Crippen LogP contribution is 2.38. The fourth-order valence-electron chi connectivity index (χ4n) is 1.98. The minimum Gasteiger partial charge on any atom is -0.352 e. The van der Waals surface area contributed by atoms with Crippen LogP contribution in [-0.2, 0) is 9.63 Å². The van der Waals surface area contributed by atoms with Gasteiger partial charge < -0.3 is 5.32 Å². The lowest BCUT2D eigenvalue weighted by Gasteiger charge is -2.21.